The van der Waals surface area contributed by atoms with Crippen LogP contribution in [0.4, 0.5) is 11.5 Å². The van der Waals surface area contributed by atoms with E-state index in [4.69, 9.17) is 37.9 Å². The molecule has 1 N–H and O–H groups in total. The zero-order valence-electron chi connectivity index (χ0n) is 15.7. The van der Waals surface area contributed by atoms with Crippen molar-refractivity contribution in [3.05, 3.63) is 71.0 Å². The maximum atomic E-state index is 6.16. The van der Waals surface area contributed by atoms with E-state index in [1.165, 1.54) is 0 Å². The fourth-order valence-electron chi connectivity index (χ4n) is 2.90. The van der Waals surface area contributed by atoms with Crippen LogP contribution in [0.5, 0.6) is 5.75 Å². The monoisotopic (exact) mass is 424 g/mol. The molecule has 0 spiro atoms. The van der Waals surface area contributed by atoms with E-state index < -0.39 is 0 Å². The van der Waals surface area contributed by atoms with E-state index in [1.54, 1.807) is 30.6 Å². The smallest absolute Gasteiger partial charge is 0.163 e. The van der Waals surface area contributed by atoms with Crippen molar-refractivity contribution in [2.45, 2.75) is 13.3 Å². The lowest BCUT2D eigenvalue weighted by Crippen LogP contribution is -2.01. The van der Waals surface area contributed by atoms with Gasteiger partial charge < -0.3 is 10.1 Å². The van der Waals surface area contributed by atoms with E-state index in [2.05, 4.69) is 17.2 Å². The standard InChI is InChI=1S/C22H18Cl2N4O/c1-2-8-29-18-5-6-20-19(12-18)22(26-17-10-15(23)9-16(24)11-17)28-21(27-20)14-4-3-7-25-13-14/h3-7,9-13H,2,8H2,1H3,(H,26,27,28). The van der Waals surface area contributed by atoms with Gasteiger partial charge in [-0.15, -0.1) is 0 Å². The highest BCUT2D eigenvalue weighted by atomic mass is 35.5. The van der Waals surface area contributed by atoms with E-state index >= 15 is 0 Å². The highest BCUT2D eigenvalue weighted by Crippen LogP contribution is 2.31. The molecule has 4 aromatic rings. The van der Waals surface area contributed by atoms with Gasteiger partial charge in [0.15, 0.2) is 5.82 Å². The number of nitrogens with one attached hydrogen (secondary N) is 1. The van der Waals surface area contributed by atoms with E-state index in [0.29, 0.717) is 28.3 Å². The average Bonchev–Trinajstić information content (AvgIpc) is 2.72. The van der Waals surface area contributed by atoms with Crippen LogP contribution in [0.1, 0.15) is 13.3 Å². The van der Waals surface area contributed by atoms with Crippen molar-refractivity contribution in [3.8, 4) is 17.1 Å². The quantitative estimate of drug-likeness (QED) is 0.381. The van der Waals surface area contributed by atoms with Gasteiger partial charge in [-0.3, -0.25) is 4.98 Å². The van der Waals surface area contributed by atoms with Gasteiger partial charge in [0.1, 0.15) is 11.6 Å². The summed E-state index contributed by atoms with van der Waals surface area (Å²) in [4.78, 5) is 13.6. The number of halogens is 2. The fraction of sp³-hybridized carbons (Fsp3) is 0.136. The molecule has 0 aliphatic rings. The third-order valence-electron chi connectivity index (χ3n) is 4.19. The number of rotatable bonds is 6. The van der Waals surface area contributed by atoms with E-state index in [-0.39, 0.29) is 0 Å². The zero-order valence-corrected chi connectivity index (χ0v) is 17.2. The van der Waals surface area contributed by atoms with Gasteiger partial charge in [0.25, 0.3) is 0 Å². The molecular weight excluding hydrogens is 407 g/mol. The van der Waals surface area contributed by atoms with Gasteiger partial charge in [0.2, 0.25) is 0 Å². The van der Waals surface area contributed by atoms with Crippen molar-refractivity contribution < 1.29 is 4.74 Å². The molecule has 0 unspecified atom stereocenters. The lowest BCUT2D eigenvalue weighted by atomic mass is 10.2. The molecule has 0 saturated carbocycles. The van der Waals surface area contributed by atoms with Crippen molar-refractivity contribution in [3.63, 3.8) is 0 Å². The summed E-state index contributed by atoms with van der Waals surface area (Å²) in [6, 6.07) is 14.8. The fourth-order valence-corrected chi connectivity index (χ4v) is 3.43. The average molecular weight is 425 g/mol. The second-order valence-electron chi connectivity index (χ2n) is 6.45. The predicted octanol–water partition coefficient (Wildman–Crippen LogP) is 6.53. The highest BCUT2D eigenvalue weighted by molar-refractivity contribution is 6.35. The first kappa shape index (κ1) is 19.4. The zero-order chi connectivity index (χ0) is 20.2. The van der Waals surface area contributed by atoms with Crippen LogP contribution in [0.2, 0.25) is 10.0 Å². The Bertz CT molecular complexity index is 1130. The van der Waals surface area contributed by atoms with Gasteiger partial charge >= 0.3 is 0 Å². The van der Waals surface area contributed by atoms with Crippen LogP contribution in [-0.2, 0) is 0 Å². The Balaban J connectivity index is 1.84. The first-order chi connectivity index (χ1) is 14.1. The van der Waals surface area contributed by atoms with Crippen LogP contribution in [0.3, 0.4) is 0 Å². The number of pyridine rings is 1. The van der Waals surface area contributed by atoms with Gasteiger partial charge in [-0.05, 0) is 55.0 Å². The molecule has 5 nitrogen and oxygen atoms in total. The van der Waals surface area contributed by atoms with Gasteiger partial charge in [0, 0.05) is 39.1 Å². The van der Waals surface area contributed by atoms with Crippen LogP contribution < -0.4 is 10.1 Å². The Hall–Kier alpha value is -2.89. The number of aromatic nitrogens is 3. The van der Waals surface area contributed by atoms with Crippen LogP contribution in [0.25, 0.3) is 22.3 Å². The highest BCUT2D eigenvalue weighted by Gasteiger charge is 2.12. The Morgan fingerprint density at radius 2 is 1.83 bits per heavy atom. The molecule has 0 bridgehead atoms. The minimum Gasteiger partial charge on any atom is -0.494 e. The molecule has 29 heavy (non-hydrogen) atoms. The summed E-state index contributed by atoms with van der Waals surface area (Å²) in [5.74, 6) is 1.97. The third kappa shape index (κ3) is 4.58. The van der Waals surface area contributed by atoms with Gasteiger partial charge in [-0.2, -0.15) is 0 Å². The summed E-state index contributed by atoms with van der Waals surface area (Å²) in [5.41, 5.74) is 2.35. The first-order valence-electron chi connectivity index (χ1n) is 9.20. The molecule has 2 heterocycles. The Morgan fingerprint density at radius 3 is 2.55 bits per heavy atom. The Labute approximate surface area is 178 Å². The van der Waals surface area contributed by atoms with Crippen LogP contribution >= 0.6 is 23.2 Å². The van der Waals surface area contributed by atoms with Gasteiger partial charge in [0.05, 0.1) is 12.1 Å². The molecule has 0 radical (unpaired) electrons. The Morgan fingerprint density at radius 1 is 1.00 bits per heavy atom. The van der Waals surface area contributed by atoms with Crippen molar-refractivity contribution >= 4 is 45.6 Å². The van der Waals surface area contributed by atoms with Crippen molar-refractivity contribution in [2.75, 3.05) is 11.9 Å². The van der Waals surface area contributed by atoms with Crippen LogP contribution in [0, 0.1) is 0 Å². The molecular formula is C22H18Cl2N4O. The van der Waals surface area contributed by atoms with Crippen molar-refractivity contribution in [1.29, 1.82) is 0 Å². The number of anilines is 2. The molecule has 146 valence electrons. The summed E-state index contributed by atoms with van der Waals surface area (Å²) in [6.07, 6.45) is 4.38. The molecule has 7 heteroatoms. The summed E-state index contributed by atoms with van der Waals surface area (Å²) in [6.45, 7) is 2.72. The molecule has 0 saturated heterocycles. The summed E-state index contributed by atoms with van der Waals surface area (Å²) >= 11 is 12.3. The number of hydrogen-bond acceptors (Lipinski definition) is 5. The molecule has 0 fully saturated rings. The number of benzene rings is 2. The summed E-state index contributed by atoms with van der Waals surface area (Å²) < 4.78 is 5.79. The third-order valence-corrected chi connectivity index (χ3v) is 4.62. The maximum absolute atomic E-state index is 6.16. The normalized spacial score (nSPS) is 10.9. The topological polar surface area (TPSA) is 59.9 Å². The molecule has 0 aliphatic carbocycles. The predicted molar refractivity (Wildman–Crippen MR) is 118 cm³/mol. The van der Waals surface area contributed by atoms with Crippen LogP contribution in [0.15, 0.2) is 60.9 Å². The second kappa shape index (κ2) is 8.64. The number of ether oxygens (including phenoxy) is 1. The van der Waals surface area contributed by atoms with E-state index in [9.17, 15) is 0 Å². The van der Waals surface area contributed by atoms with E-state index in [1.807, 2.05) is 30.3 Å². The number of nitrogens with zero attached hydrogens (tertiary/aromatic N) is 3. The minimum absolute atomic E-state index is 0.540. The SMILES string of the molecule is CCCOc1ccc2nc(-c3cccnc3)nc(Nc3cc(Cl)cc(Cl)c3)c2c1. The van der Waals surface area contributed by atoms with Gasteiger partial charge in [-0.1, -0.05) is 30.1 Å². The number of hydrogen-bond donors (Lipinski definition) is 1. The van der Waals surface area contributed by atoms with E-state index in [0.717, 1.165) is 34.3 Å². The lowest BCUT2D eigenvalue weighted by Gasteiger charge is -2.13. The molecule has 0 aliphatic heterocycles. The summed E-state index contributed by atoms with van der Waals surface area (Å²) in [7, 11) is 0. The molecule has 2 aromatic heterocycles. The van der Waals surface area contributed by atoms with Crippen LogP contribution in [-0.4, -0.2) is 21.6 Å². The maximum Gasteiger partial charge on any atom is 0.163 e. The second-order valence-corrected chi connectivity index (χ2v) is 7.32. The summed E-state index contributed by atoms with van der Waals surface area (Å²) in [5, 5.41) is 5.24. The lowest BCUT2D eigenvalue weighted by molar-refractivity contribution is 0.318. The van der Waals surface area contributed by atoms with Crippen molar-refractivity contribution in [1.82, 2.24) is 15.0 Å². The van der Waals surface area contributed by atoms with Crippen molar-refractivity contribution in [2.24, 2.45) is 0 Å². The Kier molecular flexibility index (Phi) is 5.79. The largest absolute Gasteiger partial charge is 0.494 e. The molecule has 4 rings (SSSR count). The molecule has 2 aromatic carbocycles. The minimum atomic E-state index is 0.540. The first-order valence-corrected chi connectivity index (χ1v) is 9.96. The molecule has 0 atom stereocenters. The van der Waals surface area contributed by atoms with Gasteiger partial charge in [-0.25, -0.2) is 9.97 Å². The molecule has 0 amide bonds. The number of fused-ring (bicyclic) bond motifs is 1.